The van der Waals surface area contributed by atoms with Crippen molar-refractivity contribution in [1.82, 2.24) is 0 Å². The summed E-state index contributed by atoms with van der Waals surface area (Å²) in [7, 11) is 0. The molecule has 1 aromatic heterocycles. The first-order valence-electron chi connectivity index (χ1n) is 15.7. The van der Waals surface area contributed by atoms with Crippen LogP contribution >= 0.6 is 0 Å². The van der Waals surface area contributed by atoms with Crippen molar-refractivity contribution in [3.05, 3.63) is 133 Å². The number of rotatable bonds is 3. The Hall–Kier alpha value is -4.62. The lowest BCUT2D eigenvalue weighted by atomic mass is 9.86. The van der Waals surface area contributed by atoms with E-state index < -0.39 is 42.3 Å². The lowest BCUT2D eigenvalue weighted by molar-refractivity contribution is 0.631. The van der Waals surface area contributed by atoms with Crippen molar-refractivity contribution in [1.29, 1.82) is 0 Å². The van der Waals surface area contributed by atoms with Gasteiger partial charge in [-0.3, -0.25) is 0 Å². The molecule has 0 aliphatic rings. The maximum atomic E-state index is 9.05. The van der Waals surface area contributed by atoms with E-state index in [0.29, 0.717) is 33.2 Å². The Balaban J connectivity index is 1.66. The molecule has 1 heterocycles. The monoisotopic (exact) mass is 455 g/mol. The van der Waals surface area contributed by atoms with Crippen LogP contribution in [0.5, 0.6) is 0 Å². The molecule has 35 heavy (non-hydrogen) atoms. The van der Waals surface area contributed by atoms with Crippen LogP contribution in [0.3, 0.4) is 0 Å². The average molecular weight is 456 g/mol. The molecule has 164 valence electrons. The van der Waals surface area contributed by atoms with E-state index in [1.807, 2.05) is 60.7 Å². The van der Waals surface area contributed by atoms with Crippen LogP contribution in [-0.4, -0.2) is 0 Å². The van der Waals surface area contributed by atoms with Gasteiger partial charge in [-0.1, -0.05) is 115 Å². The van der Waals surface area contributed by atoms with Crippen LogP contribution in [0.1, 0.15) is 12.3 Å². The first-order chi connectivity index (χ1) is 21.1. The fraction of sp³-hybridized carbons (Fsp3) is 0. The molecule has 7 rings (SSSR count). The van der Waals surface area contributed by atoms with Crippen LogP contribution in [0.25, 0.3) is 66.1 Å². The molecule has 0 radical (unpaired) electrons. The van der Waals surface area contributed by atoms with Crippen molar-refractivity contribution in [3.63, 3.8) is 0 Å². The molecule has 0 amide bonds. The van der Waals surface area contributed by atoms with Crippen LogP contribution < -0.4 is 0 Å². The molecule has 0 saturated carbocycles. The highest BCUT2D eigenvalue weighted by atomic mass is 16.3. The highest BCUT2D eigenvalue weighted by Gasteiger charge is 2.17. The van der Waals surface area contributed by atoms with Gasteiger partial charge in [0.1, 0.15) is 11.3 Å². The lowest BCUT2D eigenvalue weighted by Crippen LogP contribution is -1.90. The van der Waals surface area contributed by atoms with E-state index in [-0.39, 0.29) is 34.0 Å². The predicted octanol–water partition coefficient (Wildman–Crippen LogP) is 9.74. The maximum Gasteiger partial charge on any atom is 0.135 e. The first-order valence-corrected chi connectivity index (χ1v) is 11.2. The van der Waals surface area contributed by atoms with Gasteiger partial charge in [-0.05, 0) is 62.0 Å². The molecular formula is C34H22O. The molecule has 6 aromatic carbocycles. The SMILES string of the molecule is [2H]c1c([2H])c([2H])c(-c2c3ccccc3c(-c3ccc4oc(-c5ccccc5)cc4c3)c3c([2H])c([2H])c([2H])c([2H])c23)c([2H])c1[2H]. The molecule has 0 fully saturated rings. The molecule has 0 atom stereocenters. The molecule has 0 aliphatic carbocycles. The fourth-order valence-electron chi connectivity index (χ4n) is 4.75. The van der Waals surface area contributed by atoms with E-state index >= 15 is 0 Å². The number of hydrogen-bond acceptors (Lipinski definition) is 1. The van der Waals surface area contributed by atoms with E-state index in [2.05, 4.69) is 0 Å². The van der Waals surface area contributed by atoms with Crippen LogP contribution in [0.15, 0.2) is 138 Å². The van der Waals surface area contributed by atoms with E-state index in [0.717, 1.165) is 10.9 Å². The van der Waals surface area contributed by atoms with Crippen LogP contribution in [0, 0.1) is 0 Å². The topological polar surface area (TPSA) is 13.1 Å². The minimum Gasteiger partial charge on any atom is -0.456 e. The van der Waals surface area contributed by atoms with Crippen molar-refractivity contribution >= 4 is 32.5 Å². The molecule has 0 spiro atoms. The third-order valence-corrected chi connectivity index (χ3v) is 6.27. The molecule has 0 bridgehead atoms. The fourth-order valence-corrected chi connectivity index (χ4v) is 4.75. The third-order valence-electron chi connectivity index (χ3n) is 6.27. The van der Waals surface area contributed by atoms with Crippen molar-refractivity contribution in [2.75, 3.05) is 0 Å². The van der Waals surface area contributed by atoms with Gasteiger partial charge < -0.3 is 4.42 Å². The quantitative estimate of drug-likeness (QED) is 0.242. The Labute approximate surface area is 216 Å². The van der Waals surface area contributed by atoms with Gasteiger partial charge in [-0.25, -0.2) is 0 Å². The first kappa shape index (κ1) is 12.7. The highest BCUT2D eigenvalue weighted by molar-refractivity contribution is 6.21. The Kier molecular flexibility index (Phi) is 2.91. The summed E-state index contributed by atoms with van der Waals surface area (Å²) < 4.78 is 83.5. The summed E-state index contributed by atoms with van der Waals surface area (Å²) >= 11 is 0. The van der Waals surface area contributed by atoms with Gasteiger partial charge in [-0.2, -0.15) is 0 Å². The van der Waals surface area contributed by atoms with Gasteiger partial charge in [0.15, 0.2) is 0 Å². The lowest BCUT2D eigenvalue weighted by Gasteiger charge is -2.17. The summed E-state index contributed by atoms with van der Waals surface area (Å²) in [6.45, 7) is 0. The maximum absolute atomic E-state index is 9.05. The van der Waals surface area contributed by atoms with E-state index in [4.69, 9.17) is 16.8 Å². The van der Waals surface area contributed by atoms with Crippen molar-refractivity contribution in [2.24, 2.45) is 0 Å². The third kappa shape index (κ3) is 3.25. The minimum atomic E-state index is -0.542. The second-order valence-electron chi connectivity index (χ2n) is 8.27. The Morgan fingerprint density at radius 1 is 0.486 bits per heavy atom. The summed E-state index contributed by atoms with van der Waals surface area (Å²) in [6.07, 6.45) is 0. The van der Waals surface area contributed by atoms with Crippen LogP contribution in [0.2, 0.25) is 0 Å². The number of fused-ring (bicyclic) bond motifs is 3. The van der Waals surface area contributed by atoms with Crippen molar-refractivity contribution in [3.8, 4) is 33.6 Å². The standard InChI is InChI=1S/C34H22O/c1-3-11-23(12-4-1)32-22-26-21-25(19-20-31(26)35-32)34-29-17-9-7-15-27(29)33(24-13-5-2-6-14-24)28-16-8-10-18-30(28)34/h1-22H/i2D,5D,6D,7D,9D,13D,14D,15D,17D. The van der Waals surface area contributed by atoms with Gasteiger partial charge in [0.25, 0.3) is 0 Å². The molecule has 7 aromatic rings. The minimum absolute atomic E-state index is 0.0838. The normalized spacial score (nSPS) is 15.0. The summed E-state index contributed by atoms with van der Waals surface area (Å²) in [5.41, 5.74) is 2.84. The predicted molar refractivity (Wildman–Crippen MR) is 148 cm³/mol. The Bertz CT molecular complexity index is 2300. The van der Waals surface area contributed by atoms with Gasteiger partial charge in [-0.15, -0.1) is 0 Å². The van der Waals surface area contributed by atoms with Gasteiger partial charge in [0, 0.05) is 10.9 Å². The number of furan rings is 1. The molecule has 1 heteroatoms. The van der Waals surface area contributed by atoms with Gasteiger partial charge in [0.2, 0.25) is 0 Å². The zero-order chi connectivity index (χ0) is 31.0. The number of benzene rings is 6. The van der Waals surface area contributed by atoms with Crippen molar-refractivity contribution < 1.29 is 16.8 Å². The average Bonchev–Trinajstić information content (AvgIpc) is 3.48. The molecule has 0 saturated heterocycles. The zero-order valence-electron chi connectivity index (χ0n) is 27.4. The largest absolute Gasteiger partial charge is 0.456 e. The van der Waals surface area contributed by atoms with Gasteiger partial charge >= 0.3 is 0 Å². The summed E-state index contributed by atoms with van der Waals surface area (Å²) in [5.74, 6) is 0.686. The van der Waals surface area contributed by atoms with E-state index in [9.17, 15) is 0 Å². The summed E-state index contributed by atoms with van der Waals surface area (Å²) in [4.78, 5) is 0. The molecule has 0 aliphatic heterocycles. The van der Waals surface area contributed by atoms with Crippen LogP contribution in [0.4, 0.5) is 0 Å². The van der Waals surface area contributed by atoms with Crippen molar-refractivity contribution in [2.45, 2.75) is 0 Å². The number of hydrogen-bond donors (Lipinski definition) is 0. The summed E-state index contributed by atoms with van der Waals surface area (Å²) in [6, 6.07) is 20.3. The Morgan fingerprint density at radius 3 is 1.83 bits per heavy atom. The van der Waals surface area contributed by atoms with E-state index in [1.165, 1.54) is 0 Å². The highest BCUT2D eigenvalue weighted by Crippen LogP contribution is 2.44. The second-order valence-corrected chi connectivity index (χ2v) is 8.27. The van der Waals surface area contributed by atoms with Gasteiger partial charge in [0.05, 0.1) is 12.3 Å². The van der Waals surface area contributed by atoms with Crippen LogP contribution in [-0.2, 0) is 0 Å². The van der Waals surface area contributed by atoms with E-state index in [1.54, 1.807) is 18.2 Å². The molecule has 1 nitrogen and oxygen atoms in total. The summed E-state index contributed by atoms with van der Waals surface area (Å²) in [5, 5.41) is 2.19. The Morgan fingerprint density at radius 2 is 1.11 bits per heavy atom. The molecule has 0 unspecified atom stereocenters. The smallest absolute Gasteiger partial charge is 0.135 e. The second kappa shape index (κ2) is 8.00. The molecular weight excluding hydrogens is 424 g/mol. The molecule has 0 N–H and O–H groups in total. The zero-order valence-corrected chi connectivity index (χ0v) is 18.4.